The highest BCUT2D eigenvalue weighted by Crippen LogP contribution is 2.23. The first-order valence-corrected chi connectivity index (χ1v) is 9.90. The molecule has 3 rings (SSSR count). The molecule has 3 heterocycles. The summed E-state index contributed by atoms with van der Waals surface area (Å²) in [5.41, 5.74) is 2.22. The predicted octanol–water partition coefficient (Wildman–Crippen LogP) is 2.12. The van der Waals surface area contributed by atoms with Gasteiger partial charge < -0.3 is 19.5 Å². The molecule has 1 N–H and O–H groups in total. The summed E-state index contributed by atoms with van der Waals surface area (Å²) in [6, 6.07) is 3.42. The molecule has 1 amide bonds. The molecular weight excluding hydrogens is 350 g/mol. The molecular formula is C19H25N3O3S. The van der Waals surface area contributed by atoms with Gasteiger partial charge in [-0.15, -0.1) is 0 Å². The lowest BCUT2D eigenvalue weighted by atomic mass is 10.1. The lowest BCUT2D eigenvalue weighted by Crippen LogP contribution is -2.31. The highest BCUT2D eigenvalue weighted by molar-refractivity contribution is 7.07. The summed E-state index contributed by atoms with van der Waals surface area (Å²) in [6.45, 7) is 5.87. The van der Waals surface area contributed by atoms with Crippen molar-refractivity contribution < 1.29 is 9.53 Å². The predicted molar refractivity (Wildman–Crippen MR) is 103 cm³/mol. The van der Waals surface area contributed by atoms with Gasteiger partial charge in [-0.2, -0.15) is 11.3 Å². The van der Waals surface area contributed by atoms with Gasteiger partial charge in [-0.3, -0.25) is 9.59 Å². The van der Waals surface area contributed by atoms with Crippen molar-refractivity contribution in [3.8, 4) is 5.75 Å². The maximum atomic E-state index is 12.9. The average molecular weight is 375 g/mol. The summed E-state index contributed by atoms with van der Waals surface area (Å²) < 4.78 is 7.11. The van der Waals surface area contributed by atoms with Crippen molar-refractivity contribution in [1.82, 2.24) is 14.8 Å². The Morgan fingerprint density at radius 1 is 1.35 bits per heavy atom. The molecule has 0 unspecified atom stereocenters. The lowest BCUT2D eigenvalue weighted by molar-refractivity contribution is 0.0945. The minimum atomic E-state index is -0.194. The second-order valence-electron chi connectivity index (χ2n) is 6.43. The van der Waals surface area contributed by atoms with Crippen LogP contribution in [-0.2, 0) is 19.5 Å². The third kappa shape index (κ3) is 3.99. The molecule has 0 saturated heterocycles. The molecule has 140 valence electrons. The number of hydrogen-bond acceptors (Lipinski definition) is 5. The maximum Gasteiger partial charge on any atom is 0.257 e. The first-order valence-electron chi connectivity index (χ1n) is 8.96. The summed E-state index contributed by atoms with van der Waals surface area (Å²) in [7, 11) is 1.50. The van der Waals surface area contributed by atoms with Crippen LogP contribution >= 0.6 is 11.3 Å². The molecule has 0 atom stereocenters. The van der Waals surface area contributed by atoms with Crippen molar-refractivity contribution in [2.24, 2.45) is 0 Å². The highest BCUT2D eigenvalue weighted by Gasteiger charge is 2.24. The van der Waals surface area contributed by atoms with Crippen LogP contribution in [0.4, 0.5) is 0 Å². The Morgan fingerprint density at radius 2 is 2.19 bits per heavy atom. The van der Waals surface area contributed by atoms with Gasteiger partial charge in [0.2, 0.25) is 0 Å². The van der Waals surface area contributed by atoms with Gasteiger partial charge in [0, 0.05) is 44.4 Å². The van der Waals surface area contributed by atoms with E-state index in [1.165, 1.54) is 13.2 Å². The first-order chi connectivity index (χ1) is 12.6. The maximum absolute atomic E-state index is 12.9. The molecule has 0 spiro atoms. The minimum Gasteiger partial charge on any atom is -0.496 e. The zero-order valence-corrected chi connectivity index (χ0v) is 16.1. The Labute approximate surface area is 157 Å². The van der Waals surface area contributed by atoms with E-state index in [0.717, 1.165) is 37.3 Å². The van der Waals surface area contributed by atoms with Crippen molar-refractivity contribution in [3.63, 3.8) is 0 Å². The van der Waals surface area contributed by atoms with Crippen LogP contribution < -0.4 is 15.6 Å². The molecule has 1 aliphatic heterocycles. The Morgan fingerprint density at radius 3 is 2.88 bits per heavy atom. The number of carbonyl (C=O) groups excluding carboxylic acids is 1. The van der Waals surface area contributed by atoms with Crippen LogP contribution in [0.1, 0.15) is 35.0 Å². The van der Waals surface area contributed by atoms with Gasteiger partial charge >= 0.3 is 0 Å². The summed E-state index contributed by atoms with van der Waals surface area (Å²) >= 11 is 1.60. The van der Waals surface area contributed by atoms with Gasteiger partial charge in [0.25, 0.3) is 11.5 Å². The molecule has 2 aromatic rings. The third-order valence-corrected chi connectivity index (χ3v) is 5.44. The molecule has 0 bridgehead atoms. The van der Waals surface area contributed by atoms with Crippen molar-refractivity contribution in [2.75, 3.05) is 26.7 Å². The minimum absolute atomic E-state index is 0.107. The standard InChI is InChI=1S/C19H25N3O3S/c1-3-6-21-7-4-15-18(19(24)20-12-14-5-10-26-13-14)16(25-2)11-17(23)22(15)9-8-21/h5,10-11,13H,3-4,6-9,12H2,1-2H3,(H,20,24). The van der Waals surface area contributed by atoms with E-state index < -0.39 is 0 Å². The van der Waals surface area contributed by atoms with Gasteiger partial charge in [0.05, 0.1) is 7.11 Å². The number of pyridine rings is 1. The van der Waals surface area contributed by atoms with Crippen LogP contribution in [-0.4, -0.2) is 42.1 Å². The van der Waals surface area contributed by atoms with E-state index in [1.807, 2.05) is 16.8 Å². The van der Waals surface area contributed by atoms with E-state index in [2.05, 4.69) is 17.1 Å². The van der Waals surface area contributed by atoms with Gasteiger partial charge in [-0.25, -0.2) is 0 Å². The quantitative estimate of drug-likeness (QED) is 0.840. The summed E-state index contributed by atoms with van der Waals surface area (Å²) in [5, 5.41) is 6.96. The number of fused-ring (bicyclic) bond motifs is 1. The van der Waals surface area contributed by atoms with E-state index in [4.69, 9.17) is 4.74 Å². The van der Waals surface area contributed by atoms with Crippen LogP contribution in [0.5, 0.6) is 5.75 Å². The largest absolute Gasteiger partial charge is 0.496 e. The Kier molecular flexibility index (Phi) is 6.11. The van der Waals surface area contributed by atoms with Crippen molar-refractivity contribution in [2.45, 2.75) is 32.9 Å². The second kappa shape index (κ2) is 8.51. The molecule has 2 aromatic heterocycles. The fourth-order valence-corrected chi connectivity index (χ4v) is 4.07. The van der Waals surface area contributed by atoms with E-state index in [-0.39, 0.29) is 11.5 Å². The van der Waals surface area contributed by atoms with Crippen LogP contribution in [0.25, 0.3) is 0 Å². The normalized spacial score (nSPS) is 14.5. The summed E-state index contributed by atoms with van der Waals surface area (Å²) in [6.07, 6.45) is 1.73. The number of amides is 1. The van der Waals surface area contributed by atoms with E-state index in [9.17, 15) is 9.59 Å². The molecule has 6 nitrogen and oxygen atoms in total. The molecule has 0 saturated carbocycles. The van der Waals surface area contributed by atoms with Crippen molar-refractivity contribution in [1.29, 1.82) is 0 Å². The van der Waals surface area contributed by atoms with Crippen LogP contribution in [0.15, 0.2) is 27.7 Å². The number of aromatic nitrogens is 1. The number of rotatable bonds is 6. The van der Waals surface area contributed by atoms with Crippen molar-refractivity contribution in [3.05, 3.63) is 50.1 Å². The zero-order valence-electron chi connectivity index (χ0n) is 15.3. The lowest BCUT2D eigenvalue weighted by Gasteiger charge is -2.17. The van der Waals surface area contributed by atoms with Crippen LogP contribution in [0, 0.1) is 0 Å². The number of nitrogens with zero attached hydrogens (tertiary/aromatic N) is 2. The zero-order chi connectivity index (χ0) is 18.5. The van der Waals surface area contributed by atoms with Gasteiger partial charge in [0.15, 0.2) is 0 Å². The molecule has 0 aliphatic carbocycles. The number of methoxy groups -OCH3 is 1. The number of hydrogen-bond donors (Lipinski definition) is 1. The first kappa shape index (κ1) is 18.7. The molecule has 7 heteroatoms. The molecule has 0 radical (unpaired) electrons. The number of carbonyl (C=O) groups is 1. The third-order valence-electron chi connectivity index (χ3n) is 4.71. The number of ether oxygens (including phenoxy) is 1. The van der Waals surface area contributed by atoms with Gasteiger partial charge in [-0.1, -0.05) is 6.92 Å². The highest BCUT2D eigenvalue weighted by atomic mass is 32.1. The van der Waals surface area contributed by atoms with Gasteiger partial charge in [-0.05, 0) is 35.4 Å². The van der Waals surface area contributed by atoms with Gasteiger partial charge in [0.1, 0.15) is 11.3 Å². The van der Waals surface area contributed by atoms with Crippen LogP contribution in [0.3, 0.4) is 0 Å². The van der Waals surface area contributed by atoms with Crippen molar-refractivity contribution >= 4 is 17.2 Å². The number of thiophene rings is 1. The number of nitrogens with one attached hydrogen (secondary N) is 1. The molecule has 0 fully saturated rings. The smallest absolute Gasteiger partial charge is 0.257 e. The Balaban J connectivity index is 1.91. The fraction of sp³-hybridized carbons (Fsp3) is 0.474. The molecule has 26 heavy (non-hydrogen) atoms. The Hall–Kier alpha value is -2.12. The average Bonchev–Trinajstić information content (AvgIpc) is 3.07. The molecule has 1 aliphatic rings. The SMILES string of the molecule is CCCN1CCc2c(C(=O)NCc3ccsc3)c(OC)cc(=O)n2CC1. The summed E-state index contributed by atoms with van der Waals surface area (Å²) in [5.74, 6) is 0.161. The molecule has 0 aromatic carbocycles. The second-order valence-corrected chi connectivity index (χ2v) is 7.21. The Bertz CT molecular complexity index is 814. The van der Waals surface area contributed by atoms with Crippen LogP contribution in [0.2, 0.25) is 0 Å². The van der Waals surface area contributed by atoms with E-state index in [0.29, 0.717) is 30.8 Å². The fourth-order valence-electron chi connectivity index (χ4n) is 3.40. The van der Waals surface area contributed by atoms with E-state index >= 15 is 0 Å². The monoisotopic (exact) mass is 375 g/mol. The summed E-state index contributed by atoms with van der Waals surface area (Å²) in [4.78, 5) is 27.8. The van der Waals surface area contributed by atoms with E-state index in [1.54, 1.807) is 15.9 Å². The topological polar surface area (TPSA) is 63.6 Å².